The van der Waals surface area contributed by atoms with Crippen LogP contribution >= 0.6 is 0 Å². The van der Waals surface area contributed by atoms with Crippen molar-refractivity contribution < 1.29 is 14.6 Å². The number of hydrogen-bond donors (Lipinski definition) is 2. The summed E-state index contributed by atoms with van der Waals surface area (Å²) in [5.41, 5.74) is 8.95. The van der Waals surface area contributed by atoms with Gasteiger partial charge in [-0.2, -0.15) is 0 Å². The van der Waals surface area contributed by atoms with Crippen LogP contribution in [0, 0.1) is 19.3 Å². The molecule has 2 aromatic rings. The molecule has 0 saturated carbocycles. The molecule has 0 fully saturated rings. The van der Waals surface area contributed by atoms with Gasteiger partial charge in [-0.1, -0.05) is 58.9 Å². The summed E-state index contributed by atoms with van der Waals surface area (Å²) in [6, 6.07) is 12.3. The van der Waals surface area contributed by atoms with Gasteiger partial charge >= 0.3 is 0 Å². The number of aryl methyl sites for hydroxylation is 2. The average molecular weight is 440 g/mol. The Labute approximate surface area is 194 Å². The van der Waals surface area contributed by atoms with E-state index in [0.29, 0.717) is 5.56 Å². The highest BCUT2D eigenvalue weighted by atomic mass is 16.5. The maximum Gasteiger partial charge on any atom is 0.248 e. The zero-order valence-corrected chi connectivity index (χ0v) is 21.3. The first-order valence-electron chi connectivity index (χ1n) is 11.6. The molecule has 2 atom stereocenters. The van der Waals surface area contributed by atoms with Gasteiger partial charge in [-0.05, 0) is 80.3 Å². The maximum atomic E-state index is 11.7. The Hall–Kier alpha value is -2.33. The van der Waals surface area contributed by atoms with Crippen LogP contribution in [0.3, 0.4) is 0 Å². The summed E-state index contributed by atoms with van der Waals surface area (Å²) in [5.74, 6) is 0.386. The van der Waals surface area contributed by atoms with Crippen LogP contribution in [0.25, 0.3) is 0 Å². The molecule has 4 nitrogen and oxygen atoms in total. The molecule has 0 aromatic heterocycles. The number of carbonyl (C=O) groups excluding carboxylic acids is 1. The third kappa shape index (κ3) is 4.71. The lowest BCUT2D eigenvalue weighted by atomic mass is 9.70. The second kappa shape index (κ2) is 9.27. The third-order valence-corrected chi connectivity index (χ3v) is 7.59. The lowest BCUT2D eigenvalue weighted by Gasteiger charge is -2.41. The highest BCUT2D eigenvalue weighted by Gasteiger charge is 2.42. The van der Waals surface area contributed by atoms with Crippen molar-refractivity contribution in [1.82, 2.24) is 0 Å². The lowest BCUT2D eigenvalue weighted by molar-refractivity contribution is -0.112. The average Bonchev–Trinajstić information content (AvgIpc) is 2.70. The molecule has 0 aliphatic rings. The largest absolute Gasteiger partial charge is 0.487 e. The summed E-state index contributed by atoms with van der Waals surface area (Å²) in [5, 5.41) is 11.0. The summed E-state index contributed by atoms with van der Waals surface area (Å²) < 4.78 is 6.24. The van der Waals surface area contributed by atoms with E-state index in [9.17, 15) is 9.90 Å². The molecule has 0 aliphatic heterocycles. The van der Waals surface area contributed by atoms with Crippen molar-refractivity contribution in [3.8, 4) is 5.75 Å². The Kier molecular flexibility index (Phi) is 7.51. The Bertz CT molecular complexity index is 965. The quantitative estimate of drug-likeness (QED) is 0.524. The van der Waals surface area contributed by atoms with Gasteiger partial charge in [-0.15, -0.1) is 0 Å². The minimum Gasteiger partial charge on any atom is -0.487 e. The zero-order valence-electron chi connectivity index (χ0n) is 21.3. The Morgan fingerprint density at radius 2 is 1.47 bits per heavy atom. The Morgan fingerprint density at radius 3 is 1.88 bits per heavy atom. The van der Waals surface area contributed by atoms with Crippen molar-refractivity contribution >= 4 is 5.91 Å². The minimum absolute atomic E-state index is 0.174. The molecule has 0 heterocycles. The number of primary amides is 1. The highest BCUT2D eigenvalue weighted by Crippen LogP contribution is 2.41. The first-order chi connectivity index (χ1) is 14.7. The summed E-state index contributed by atoms with van der Waals surface area (Å²) in [7, 11) is 0. The molecule has 0 spiro atoms. The van der Waals surface area contributed by atoms with E-state index < -0.39 is 11.5 Å². The van der Waals surface area contributed by atoms with E-state index in [-0.39, 0.29) is 16.9 Å². The molecular weight excluding hydrogens is 398 g/mol. The van der Waals surface area contributed by atoms with E-state index >= 15 is 0 Å². The summed E-state index contributed by atoms with van der Waals surface area (Å²) in [6.07, 6.45) is 1.49. The van der Waals surface area contributed by atoms with Crippen LogP contribution in [0.4, 0.5) is 0 Å². The van der Waals surface area contributed by atoms with Crippen LogP contribution in [0.2, 0.25) is 0 Å². The smallest absolute Gasteiger partial charge is 0.248 e. The number of hydrogen-bond acceptors (Lipinski definition) is 3. The van der Waals surface area contributed by atoms with Gasteiger partial charge in [0, 0.05) is 11.0 Å². The molecule has 1 amide bonds. The van der Waals surface area contributed by atoms with Crippen molar-refractivity contribution in [2.75, 3.05) is 0 Å². The van der Waals surface area contributed by atoms with Crippen LogP contribution in [0.1, 0.15) is 93.9 Å². The Balaban J connectivity index is 2.46. The second-order valence-corrected chi connectivity index (χ2v) is 10.3. The van der Waals surface area contributed by atoms with Crippen molar-refractivity contribution in [2.45, 2.75) is 92.3 Å². The number of rotatable bonds is 8. The number of benzene rings is 2. The topological polar surface area (TPSA) is 72.6 Å². The predicted molar refractivity (Wildman–Crippen MR) is 132 cm³/mol. The SMILES string of the molecule is CCC(CC)(c1ccc(OC(C)C(C)(O)C(C)(C)C)c(C)c1)c1ccc(C(N)=O)c(C)c1. The van der Waals surface area contributed by atoms with Crippen LogP contribution in [-0.4, -0.2) is 22.7 Å². The fraction of sp³-hybridized carbons (Fsp3) is 0.536. The molecule has 0 saturated heterocycles. The first kappa shape index (κ1) is 25.9. The van der Waals surface area contributed by atoms with Crippen LogP contribution in [-0.2, 0) is 5.41 Å². The lowest BCUT2D eigenvalue weighted by Crippen LogP contribution is -2.51. The molecule has 0 aliphatic carbocycles. The fourth-order valence-corrected chi connectivity index (χ4v) is 4.47. The second-order valence-electron chi connectivity index (χ2n) is 10.3. The van der Waals surface area contributed by atoms with Gasteiger partial charge < -0.3 is 15.6 Å². The fourth-order valence-electron chi connectivity index (χ4n) is 4.47. The molecule has 0 radical (unpaired) electrons. The molecule has 2 rings (SSSR count). The molecule has 0 bridgehead atoms. The monoisotopic (exact) mass is 439 g/mol. The van der Waals surface area contributed by atoms with Gasteiger partial charge in [0.25, 0.3) is 0 Å². The van der Waals surface area contributed by atoms with E-state index in [4.69, 9.17) is 10.5 Å². The van der Waals surface area contributed by atoms with Crippen molar-refractivity contribution in [3.63, 3.8) is 0 Å². The summed E-state index contributed by atoms with van der Waals surface area (Å²) in [6.45, 7) is 18.2. The number of ether oxygens (including phenoxy) is 1. The molecule has 176 valence electrons. The van der Waals surface area contributed by atoms with Gasteiger partial charge in [0.2, 0.25) is 5.91 Å². The van der Waals surface area contributed by atoms with Crippen LogP contribution < -0.4 is 10.5 Å². The van der Waals surface area contributed by atoms with Crippen molar-refractivity contribution in [3.05, 3.63) is 64.2 Å². The van der Waals surface area contributed by atoms with E-state index in [0.717, 1.165) is 29.7 Å². The zero-order chi connectivity index (χ0) is 24.5. The van der Waals surface area contributed by atoms with Gasteiger partial charge in [0.05, 0.1) is 0 Å². The van der Waals surface area contributed by atoms with Gasteiger partial charge in [0.1, 0.15) is 17.5 Å². The van der Waals surface area contributed by atoms with E-state index in [1.54, 1.807) is 0 Å². The molecular formula is C28H41NO3. The molecule has 3 N–H and O–H groups in total. The summed E-state index contributed by atoms with van der Waals surface area (Å²) in [4.78, 5) is 11.7. The minimum atomic E-state index is -0.978. The van der Waals surface area contributed by atoms with Crippen molar-refractivity contribution in [1.29, 1.82) is 0 Å². The summed E-state index contributed by atoms with van der Waals surface area (Å²) >= 11 is 0. The van der Waals surface area contributed by atoms with E-state index in [2.05, 4.69) is 39.0 Å². The molecule has 32 heavy (non-hydrogen) atoms. The molecule has 4 heteroatoms. The van der Waals surface area contributed by atoms with Crippen LogP contribution in [0.15, 0.2) is 36.4 Å². The Morgan fingerprint density at radius 1 is 0.969 bits per heavy atom. The van der Waals surface area contributed by atoms with Gasteiger partial charge in [-0.25, -0.2) is 0 Å². The van der Waals surface area contributed by atoms with Gasteiger partial charge in [0.15, 0.2) is 0 Å². The number of aliphatic hydroxyl groups is 1. The highest BCUT2D eigenvalue weighted by molar-refractivity contribution is 5.94. The first-order valence-corrected chi connectivity index (χ1v) is 11.6. The number of amides is 1. The van der Waals surface area contributed by atoms with E-state index in [1.807, 2.05) is 59.7 Å². The van der Waals surface area contributed by atoms with E-state index in [1.165, 1.54) is 11.1 Å². The third-order valence-electron chi connectivity index (χ3n) is 7.59. The molecule has 2 aromatic carbocycles. The predicted octanol–water partition coefficient (Wildman–Crippen LogP) is 6.07. The van der Waals surface area contributed by atoms with Crippen molar-refractivity contribution in [2.24, 2.45) is 11.1 Å². The maximum absolute atomic E-state index is 11.7. The van der Waals surface area contributed by atoms with Crippen LogP contribution in [0.5, 0.6) is 5.75 Å². The molecule has 2 unspecified atom stereocenters. The van der Waals surface area contributed by atoms with Gasteiger partial charge in [-0.3, -0.25) is 4.79 Å². The number of nitrogens with two attached hydrogens (primary N) is 1. The number of carbonyl (C=O) groups is 1. The normalized spacial score (nSPS) is 15.2. The standard InChI is InChI=1S/C28H41NO3/c1-10-28(11-2,21-12-14-23(25(29)30)18(3)16-21)22-13-15-24(19(4)17-22)32-20(5)27(9,31)26(6,7)8/h12-17,20,31H,10-11H2,1-9H3,(H2,29,30).